The third-order valence-electron chi connectivity index (χ3n) is 6.19. The van der Waals surface area contributed by atoms with E-state index >= 15 is 0 Å². The number of carbonyl (C=O) groups excluding carboxylic acids is 2. The van der Waals surface area contributed by atoms with Gasteiger partial charge in [0.2, 0.25) is 21.8 Å². The number of hydrogen-bond donors (Lipinski definition) is 1. The Balaban J connectivity index is 1.77. The number of fused-ring (bicyclic) bond motifs is 1. The Morgan fingerprint density at radius 2 is 1.82 bits per heavy atom. The largest absolute Gasteiger partial charge is 0.497 e. The molecule has 1 aliphatic heterocycles. The smallest absolute Gasteiger partial charge is 0.242 e. The Morgan fingerprint density at radius 3 is 2.47 bits per heavy atom. The Labute approximate surface area is 224 Å². The van der Waals surface area contributed by atoms with Crippen molar-refractivity contribution < 1.29 is 32.2 Å². The highest BCUT2D eigenvalue weighted by atomic mass is 32.2. The summed E-state index contributed by atoms with van der Waals surface area (Å²) in [6.07, 6.45) is 1.90. The molecule has 1 N–H and O–H groups in total. The van der Waals surface area contributed by atoms with Crippen LogP contribution in [0.4, 0.5) is 5.69 Å². The van der Waals surface area contributed by atoms with Gasteiger partial charge < -0.3 is 24.4 Å². The van der Waals surface area contributed by atoms with E-state index in [0.717, 1.165) is 11.8 Å². The van der Waals surface area contributed by atoms with Crippen molar-refractivity contribution in [1.29, 1.82) is 0 Å². The number of nitrogens with one attached hydrogen (secondary N) is 1. The highest BCUT2D eigenvalue weighted by molar-refractivity contribution is 7.92. The number of sulfonamides is 1. The fourth-order valence-electron chi connectivity index (χ4n) is 4.37. The second-order valence-corrected chi connectivity index (χ2v) is 10.9. The molecule has 0 spiro atoms. The molecule has 2 amide bonds. The van der Waals surface area contributed by atoms with E-state index in [2.05, 4.69) is 5.32 Å². The van der Waals surface area contributed by atoms with E-state index in [-0.39, 0.29) is 37.7 Å². The zero-order valence-corrected chi connectivity index (χ0v) is 23.3. The van der Waals surface area contributed by atoms with Crippen molar-refractivity contribution in [2.24, 2.45) is 0 Å². The molecule has 11 heteroatoms. The van der Waals surface area contributed by atoms with Gasteiger partial charge in [0.15, 0.2) is 11.5 Å². The van der Waals surface area contributed by atoms with Gasteiger partial charge in [-0.3, -0.25) is 13.9 Å². The van der Waals surface area contributed by atoms with Crippen molar-refractivity contribution in [2.45, 2.75) is 45.7 Å². The highest BCUT2D eigenvalue weighted by Crippen LogP contribution is 2.34. The number of benzene rings is 2. The van der Waals surface area contributed by atoms with Crippen LogP contribution < -0.4 is 23.8 Å². The molecule has 38 heavy (non-hydrogen) atoms. The minimum absolute atomic E-state index is 0.0659. The van der Waals surface area contributed by atoms with Gasteiger partial charge in [0.25, 0.3) is 0 Å². The Kier molecular flexibility index (Phi) is 10.2. The van der Waals surface area contributed by atoms with Crippen LogP contribution in [0.15, 0.2) is 42.5 Å². The molecule has 1 atom stereocenters. The maximum absolute atomic E-state index is 13.5. The fraction of sp³-hybridized carbons (Fsp3) is 0.481. The van der Waals surface area contributed by atoms with Crippen LogP contribution in [0.5, 0.6) is 17.2 Å². The predicted octanol–water partition coefficient (Wildman–Crippen LogP) is 2.96. The van der Waals surface area contributed by atoms with Crippen LogP contribution in [0.3, 0.4) is 0 Å². The topological polar surface area (TPSA) is 114 Å². The van der Waals surface area contributed by atoms with Crippen LogP contribution in [0, 0.1) is 0 Å². The maximum atomic E-state index is 13.5. The summed E-state index contributed by atoms with van der Waals surface area (Å²) in [5.74, 6) is 1.24. The quantitative estimate of drug-likeness (QED) is 0.410. The van der Waals surface area contributed by atoms with Crippen molar-refractivity contribution in [2.75, 3.05) is 44.0 Å². The monoisotopic (exact) mass is 547 g/mol. The lowest BCUT2D eigenvalue weighted by Gasteiger charge is -2.31. The van der Waals surface area contributed by atoms with Crippen LogP contribution in [0.25, 0.3) is 0 Å². The van der Waals surface area contributed by atoms with E-state index in [1.807, 2.05) is 38.1 Å². The highest BCUT2D eigenvalue weighted by Gasteiger charge is 2.29. The minimum Gasteiger partial charge on any atom is -0.497 e. The molecule has 0 aliphatic carbocycles. The van der Waals surface area contributed by atoms with E-state index in [1.165, 1.54) is 4.31 Å². The van der Waals surface area contributed by atoms with Crippen LogP contribution in [0.1, 0.15) is 38.7 Å². The normalized spacial score (nSPS) is 13.4. The molecule has 0 saturated heterocycles. The molecule has 0 fully saturated rings. The number of anilines is 1. The number of nitrogens with zero attached hydrogens (tertiary/aromatic N) is 2. The van der Waals surface area contributed by atoms with Gasteiger partial charge in [-0.15, -0.1) is 0 Å². The lowest BCUT2D eigenvalue weighted by molar-refractivity contribution is -0.141. The van der Waals surface area contributed by atoms with E-state index in [4.69, 9.17) is 14.2 Å². The van der Waals surface area contributed by atoms with Crippen LogP contribution >= 0.6 is 0 Å². The molecule has 1 aliphatic rings. The van der Waals surface area contributed by atoms with E-state index in [1.54, 1.807) is 30.2 Å². The van der Waals surface area contributed by atoms with E-state index < -0.39 is 16.1 Å². The van der Waals surface area contributed by atoms with Crippen molar-refractivity contribution in [3.63, 3.8) is 0 Å². The van der Waals surface area contributed by atoms with Crippen molar-refractivity contribution in [3.05, 3.63) is 48.0 Å². The molecule has 0 bridgehead atoms. The number of hydrogen-bond acceptors (Lipinski definition) is 7. The number of carbonyl (C=O) groups is 2. The summed E-state index contributed by atoms with van der Waals surface area (Å²) in [6, 6.07) is 11.7. The van der Waals surface area contributed by atoms with Crippen LogP contribution in [-0.4, -0.2) is 70.8 Å². The van der Waals surface area contributed by atoms with Crippen molar-refractivity contribution in [3.8, 4) is 17.2 Å². The molecule has 0 radical (unpaired) electrons. The SMILES string of the molecule is CCNC(=O)[C@@H](CC)N(Cc1cccc(OC)c1)C(=O)CCCN(c1ccc2c(c1)OCCO2)S(C)(=O)=O. The van der Waals surface area contributed by atoms with Gasteiger partial charge in [0, 0.05) is 32.1 Å². The Bertz CT molecular complexity index is 1220. The average molecular weight is 548 g/mol. The molecule has 0 aromatic heterocycles. The second-order valence-electron chi connectivity index (χ2n) is 8.96. The molecule has 208 valence electrons. The first-order valence-electron chi connectivity index (χ1n) is 12.7. The van der Waals surface area contributed by atoms with Gasteiger partial charge in [-0.1, -0.05) is 19.1 Å². The molecule has 1 heterocycles. The van der Waals surface area contributed by atoms with Gasteiger partial charge in [-0.05, 0) is 49.6 Å². The van der Waals surface area contributed by atoms with Gasteiger partial charge in [0.1, 0.15) is 25.0 Å². The molecular formula is C27H37N3O7S. The minimum atomic E-state index is -3.63. The number of amides is 2. The standard InChI is InChI=1S/C27H37N3O7S/c1-5-23(27(32)28-6-2)29(19-20-9-7-10-22(17-20)35-3)26(31)11-8-14-30(38(4,33)34)21-12-13-24-25(18-21)37-16-15-36-24/h7,9-10,12-13,17-18,23H,5-6,8,11,14-16,19H2,1-4H3,(H,28,32)/t23-/m1/s1. The lowest BCUT2D eigenvalue weighted by Crippen LogP contribution is -2.49. The average Bonchev–Trinajstić information content (AvgIpc) is 2.90. The third-order valence-corrected chi connectivity index (χ3v) is 7.38. The molecule has 2 aromatic rings. The lowest BCUT2D eigenvalue weighted by atomic mass is 10.1. The summed E-state index contributed by atoms with van der Waals surface area (Å²) in [4.78, 5) is 27.9. The van der Waals surface area contributed by atoms with Gasteiger partial charge in [-0.2, -0.15) is 0 Å². The number of likely N-dealkylation sites (N-methyl/N-ethyl adjacent to an activating group) is 1. The summed E-state index contributed by atoms with van der Waals surface area (Å²) >= 11 is 0. The summed E-state index contributed by atoms with van der Waals surface area (Å²) in [7, 11) is -2.06. The van der Waals surface area contributed by atoms with E-state index in [9.17, 15) is 18.0 Å². The molecular weight excluding hydrogens is 510 g/mol. The van der Waals surface area contributed by atoms with Gasteiger partial charge in [-0.25, -0.2) is 8.42 Å². The van der Waals surface area contributed by atoms with Crippen molar-refractivity contribution >= 4 is 27.5 Å². The summed E-state index contributed by atoms with van der Waals surface area (Å²) in [5, 5.41) is 2.81. The Morgan fingerprint density at radius 1 is 1.08 bits per heavy atom. The zero-order valence-electron chi connectivity index (χ0n) is 22.4. The predicted molar refractivity (Wildman–Crippen MR) is 145 cm³/mol. The van der Waals surface area contributed by atoms with Gasteiger partial charge >= 0.3 is 0 Å². The van der Waals surface area contributed by atoms with E-state index in [0.29, 0.717) is 49.1 Å². The number of rotatable bonds is 13. The third kappa shape index (κ3) is 7.53. The van der Waals surface area contributed by atoms with Gasteiger partial charge in [0.05, 0.1) is 19.1 Å². The van der Waals surface area contributed by atoms with Crippen LogP contribution in [-0.2, 0) is 26.2 Å². The number of methoxy groups -OCH3 is 1. The summed E-state index contributed by atoms with van der Waals surface area (Å²) < 4.78 is 42.9. The summed E-state index contributed by atoms with van der Waals surface area (Å²) in [6.45, 7) is 5.28. The first-order chi connectivity index (χ1) is 18.2. The Hall–Kier alpha value is -3.47. The molecule has 10 nitrogen and oxygen atoms in total. The summed E-state index contributed by atoms with van der Waals surface area (Å²) in [5.41, 5.74) is 1.26. The second kappa shape index (κ2) is 13.4. The van der Waals surface area contributed by atoms with Crippen molar-refractivity contribution in [1.82, 2.24) is 10.2 Å². The zero-order chi connectivity index (χ0) is 27.7. The molecule has 0 saturated carbocycles. The fourth-order valence-corrected chi connectivity index (χ4v) is 5.33. The molecule has 0 unspecified atom stereocenters. The first kappa shape index (κ1) is 29.1. The molecule has 3 rings (SSSR count). The maximum Gasteiger partial charge on any atom is 0.242 e. The van der Waals surface area contributed by atoms with Crippen LogP contribution in [0.2, 0.25) is 0 Å². The molecule has 2 aromatic carbocycles. The number of ether oxygens (including phenoxy) is 3. The first-order valence-corrected chi connectivity index (χ1v) is 14.6.